The molecule has 0 saturated carbocycles. The van der Waals surface area contributed by atoms with E-state index in [9.17, 15) is 8.42 Å². The number of sulfone groups is 1. The Hall–Kier alpha value is -0.940. The molecule has 0 aliphatic heterocycles. The van der Waals surface area contributed by atoms with Gasteiger partial charge in [0.1, 0.15) is 0 Å². The van der Waals surface area contributed by atoms with Gasteiger partial charge < -0.3 is 0 Å². The predicted molar refractivity (Wildman–Crippen MR) is 62.5 cm³/mol. The van der Waals surface area contributed by atoms with Gasteiger partial charge in [0.25, 0.3) is 0 Å². The summed E-state index contributed by atoms with van der Waals surface area (Å²) >= 11 is 11.4. The fourth-order valence-corrected chi connectivity index (χ4v) is 2.49. The molecular weight excluding hydrogens is 273 g/mol. The standard InChI is InChI=1S/C8H7Cl2N3O2S/c9-7-2-1-6(5-8(7)10)16(14,15)4-3-12-13-11/h1-2,5H,3-4H2. The lowest BCUT2D eigenvalue weighted by Crippen LogP contribution is -2.09. The van der Waals surface area contributed by atoms with E-state index in [1.165, 1.54) is 18.2 Å². The van der Waals surface area contributed by atoms with Crippen molar-refractivity contribution in [3.05, 3.63) is 38.7 Å². The number of rotatable bonds is 4. The summed E-state index contributed by atoms with van der Waals surface area (Å²) in [4.78, 5) is 2.54. The number of hydrogen-bond acceptors (Lipinski definition) is 3. The molecule has 16 heavy (non-hydrogen) atoms. The predicted octanol–water partition coefficient (Wildman–Crippen LogP) is 3.08. The lowest BCUT2D eigenvalue weighted by Gasteiger charge is -2.03. The molecule has 0 bridgehead atoms. The molecule has 0 spiro atoms. The smallest absolute Gasteiger partial charge is 0.178 e. The molecule has 5 nitrogen and oxygen atoms in total. The van der Waals surface area contributed by atoms with E-state index in [2.05, 4.69) is 10.0 Å². The first-order valence-electron chi connectivity index (χ1n) is 4.16. The van der Waals surface area contributed by atoms with E-state index in [1.807, 2.05) is 0 Å². The summed E-state index contributed by atoms with van der Waals surface area (Å²) in [7, 11) is -3.48. The Balaban J connectivity index is 2.98. The van der Waals surface area contributed by atoms with Crippen molar-refractivity contribution in [3.8, 4) is 0 Å². The van der Waals surface area contributed by atoms with Crippen molar-refractivity contribution in [2.45, 2.75) is 4.90 Å². The Morgan fingerprint density at radius 1 is 1.31 bits per heavy atom. The van der Waals surface area contributed by atoms with Crippen molar-refractivity contribution in [2.75, 3.05) is 12.3 Å². The van der Waals surface area contributed by atoms with Gasteiger partial charge in [0.15, 0.2) is 9.84 Å². The van der Waals surface area contributed by atoms with Crippen molar-refractivity contribution < 1.29 is 8.42 Å². The maximum absolute atomic E-state index is 11.7. The molecule has 0 heterocycles. The lowest BCUT2D eigenvalue weighted by molar-refractivity contribution is 0.596. The van der Waals surface area contributed by atoms with E-state index >= 15 is 0 Å². The highest BCUT2D eigenvalue weighted by atomic mass is 35.5. The van der Waals surface area contributed by atoms with Gasteiger partial charge in [-0.15, -0.1) is 0 Å². The van der Waals surface area contributed by atoms with E-state index in [0.717, 1.165) is 0 Å². The molecule has 0 radical (unpaired) electrons. The van der Waals surface area contributed by atoms with Crippen LogP contribution >= 0.6 is 23.2 Å². The number of hydrogen-bond donors (Lipinski definition) is 0. The molecule has 0 aliphatic rings. The topological polar surface area (TPSA) is 82.9 Å². The maximum Gasteiger partial charge on any atom is 0.178 e. The molecule has 8 heteroatoms. The van der Waals surface area contributed by atoms with Crippen LogP contribution in [0.15, 0.2) is 28.2 Å². The molecule has 0 fully saturated rings. The third-order valence-corrected chi connectivity index (χ3v) is 4.20. The highest BCUT2D eigenvalue weighted by Gasteiger charge is 2.14. The molecule has 0 unspecified atom stereocenters. The summed E-state index contributed by atoms with van der Waals surface area (Å²) in [5.41, 5.74) is 8.04. The molecular formula is C8H7Cl2N3O2S. The van der Waals surface area contributed by atoms with Crippen molar-refractivity contribution >= 4 is 33.0 Å². The Kier molecular flexibility index (Phi) is 4.44. The quantitative estimate of drug-likeness (QED) is 0.482. The first-order valence-corrected chi connectivity index (χ1v) is 6.57. The van der Waals surface area contributed by atoms with E-state index in [4.69, 9.17) is 28.7 Å². The molecule has 1 rings (SSSR count). The Morgan fingerprint density at radius 2 is 2.00 bits per heavy atom. The molecule has 0 N–H and O–H groups in total. The molecule has 0 saturated heterocycles. The van der Waals surface area contributed by atoms with Crippen LogP contribution in [-0.2, 0) is 9.84 Å². The van der Waals surface area contributed by atoms with Crippen LogP contribution in [0.4, 0.5) is 0 Å². The Bertz CT molecular complexity index is 538. The molecule has 1 aromatic rings. The zero-order valence-corrected chi connectivity index (χ0v) is 10.3. The highest BCUT2D eigenvalue weighted by Crippen LogP contribution is 2.25. The summed E-state index contributed by atoms with van der Waals surface area (Å²) in [5, 5.41) is 3.63. The highest BCUT2D eigenvalue weighted by molar-refractivity contribution is 7.91. The van der Waals surface area contributed by atoms with Crippen molar-refractivity contribution in [1.29, 1.82) is 0 Å². The molecule has 0 atom stereocenters. The number of benzene rings is 1. The van der Waals surface area contributed by atoms with Gasteiger partial charge in [-0.05, 0) is 23.7 Å². The summed E-state index contributed by atoms with van der Waals surface area (Å²) in [6, 6.07) is 4.04. The third kappa shape index (κ3) is 3.28. The second-order valence-electron chi connectivity index (χ2n) is 2.85. The summed E-state index contributed by atoms with van der Waals surface area (Å²) in [5.74, 6) is -0.255. The van der Waals surface area contributed by atoms with Gasteiger partial charge in [0.05, 0.1) is 20.7 Å². The van der Waals surface area contributed by atoms with Gasteiger partial charge in [-0.25, -0.2) is 8.42 Å². The number of halogens is 2. The molecule has 0 aromatic heterocycles. The summed E-state index contributed by atoms with van der Waals surface area (Å²) in [6.45, 7) is -0.112. The van der Waals surface area contributed by atoms with Gasteiger partial charge in [0.2, 0.25) is 0 Å². The third-order valence-electron chi connectivity index (χ3n) is 1.77. The minimum absolute atomic E-state index is 0.0649. The molecule has 86 valence electrons. The second-order valence-corrected chi connectivity index (χ2v) is 5.77. The van der Waals surface area contributed by atoms with Crippen LogP contribution in [0.2, 0.25) is 10.0 Å². The van der Waals surface area contributed by atoms with E-state index < -0.39 is 9.84 Å². The first kappa shape index (κ1) is 13.1. The first-order chi connectivity index (χ1) is 7.47. The fraction of sp³-hybridized carbons (Fsp3) is 0.250. The van der Waals surface area contributed by atoms with Gasteiger partial charge in [-0.1, -0.05) is 28.3 Å². The zero-order valence-electron chi connectivity index (χ0n) is 7.97. The molecule has 0 amide bonds. The van der Waals surface area contributed by atoms with E-state index in [-0.39, 0.29) is 27.2 Å². The SMILES string of the molecule is [N-]=[N+]=NCCS(=O)(=O)c1ccc(Cl)c(Cl)c1. The van der Waals surface area contributed by atoms with Gasteiger partial charge in [-0.2, -0.15) is 0 Å². The molecule has 1 aromatic carbocycles. The van der Waals surface area contributed by atoms with E-state index in [0.29, 0.717) is 0 Å². The van der Waals surface area contributed by atoms with Crippen molar-refractivity contribution in [1.82, 2.24) is 0 Å². The van der Waals surface area contributed by atoms with Gasteiger partial charge in [-0.3, -0.25) is 0 Å². The lowest BCUT2D eigenvalue weighted by atomic mass is 10.4. The zero-order chi connectivity index (χ0) is 12.2. The van der Waals surface area contributed by atoms with E-state index in [1.54, 1.807) is 0 Å². The van der Waals surface area contributed by atoms with Crippen molar-refractivity contribution in [2.24, 2.45) is 5.11 Å². The Morgan fingerprint density at radius 3 is 2.56 bits per heavy atom. The van der Waals surface area contributed by atoms with Crippen LogP contribution in [0.3, 0.4) is 0 Å². The van der Waals surface area contributed by atoms with Crippen LogP contribution in [0, 0.1) is 0 Å². The van der Waals surface area contributed by atoms with Crippen LogP contribution in [0.25, 0.3) is 10.4 Å². The van der Waals surface area contributed by atoms with Crippen LogP contribution in [0.5, 0.6) is 0 Å². The minimum atomic E-state index is -3.48. The van der Waals surface area contributed by atoms with Gasteiger partial charge >= 0.3 is 0 Å². The molecule has 0 aliphatic carbocycles. The van der Waals surface area contributed by atoms with Crippen molar-refractivity contribution in [3.63, 3.8) is 0 Å². The minimum Gasteiger partial charge on any atom is -0.224 e. The Labute approximate surface area is 103 Å². The summed E-state index contributed by atoms with van der Waals surface area (Å²) in [6.07, 6.45) is 0. The van der Waals surface area contributed by atoms with Gasteiger partial charge in [0, 0.05) is 11.5 Å². The van der Waals surface area contributed by atoms with Crippen LogP contribution < -0.4 is 0 Å². The number of azide groups is 1. The maximum atomic E-state index is 11.7. The van der Waals surface area contributed by atoms with Crippen LogP contribution in [0.1, 0.15) is 0 Å². The monoisotopic (exact) mass is 279 g/mol. The second kappa shape index (κ2) is 5.41. The normalized spacial score (nSPS) is 10.9. The summed E-state index contributed by atoms with van der Waals surface area (Å²) < 4.78 is 23.4. The number of nitrogens with zero attached hydrogens (tertiary/aromatic N) is 3. The average Bonchev–Trinajstić information content (AvgIpc) is 2.22. The fourth-order valence-electron chi connectivity index (χ4n) is 0.994. The average molecular weight is 280 g/mol. The van der Waals surface area contributed by atoms with Crippen LogP contribution in [-0.4, -0.2) is 20.7 Å². The largest absolute Gasteiger partial charge is 0.224 e.